The van der Waals surface area contributed by atoms with E-state index in [-0.39, 0.29) is 4.71 Å². The summed E-state index contributed by atoms with van der Waals surface area (Å²) in [4.78, 5) is 0. The molecule has 1 aromatic carbocycles. The Morgan fingerprint density at radius 2 is 2.08 bits per heavy atom. The number of nitrogens with one attached hydrogen (secondary N) is 1. The number of benzene rings is 1. The zero-order chi connectivity index (χ0) is 8.81. The highest BCUT2D eigenvalue weighted by Crippen LogP contribution is 2.29. The summed E-state index contributed by atoms with van der Waals surface area (Å²) in [6.45, 7) is 2.99. The molecule has 0 bridgehead atoms. The summed E-state index contributed by atoms with van der Waals surface area (Å²) < 4.78 is 3.14. The van der Waals surface area contributed by atoms with Crippen LogP contribution in [0.4, 0.5) is 0 Å². The molecule has 0 aromatic heterocycles. The van der Waals surface area contributed by atoms with Crippen LogP contribution >= 0.6 is 23.5 Å². The van der Waals surface area contributed by atoms with Gasteiger partial charge in [0.15, 0.2) is 0 Å². The van der Waals surface area contributed by atoms with Gasteiger partial charge in [0.2, 0.25) is 0 Å². The summed E-state index contributed by atoms with van der Waals surface area (Å²) in [5.74, 6) is 0. The van der Waals surface area contributed by atoms with Crippen molar-refractivity contribution in [3.63, 3.8) is 0 Å². The van der Waals surface area contributed by atoms with Crippen LogP contribution in [-0.2, 0) is 0 Å². The summed E-state index contributed by atoms with van der Waals surface area (Å²) in [5.41, 5.74) is 1.14. The van der Waals surface area contributed by atoms with Gasteiger partial charge in [0, 0.05) is 6.54 Å². The molecule has 1 atom stereocenters. The Kier molecular flexibility index (Phi) is 4.51. The summed E-state index contributed by atoms with van der Waals surface area (Å²) in [6.07, 6.45) is 0. The fraction of sp³-hybridized carbons (Fsp3) is 0.333. The van der Waals surface area contributed by atoms with Crippen LogP contribution in [0.1, 0.15) is 17.2 Å². The first-order valence-corrected chi connectivity index (χ1v) is 5.23. The maximum absolute atomic E-state index is 6.09. The molecule has 0 aliphatic carbocycles. The minimum atomic E-state index is 0.00569. The van der Waals surface area contributed by atoms with Crippen LogP contribution in [0.15, 0.2) is 30.3 Å². The SMILES string of the molecule is CCNSC(Cl)c1ccccc1. The summed E-state index contributed by atoms with van der Waals surface area (Å²) >= 11 is 7.63. The van der Waals surface area contributed by atoms with E-state index in [0.29, 0.717) is 0 Å². The number of rotatable bonds is 4. The van der Waals surface area contributed by atoms with Crippen LogP contribution in [-0.4, -0.2) is 6.54 Å². The lowest BCUT2D eigenvalue weighted by Gasteiger charge is -2.08. The van der Waals surface area contributed by atoms with E-state index < -0.39 is 0 Å². The van der Waals surface area contributed by atoms with E-state index in [2.05, 4.69) is 11.6 Å². The first-order chi connectivity index (χ1) is 5.84. The Morgan fingerprint density at radius 1 is 1.42 bits per heavy atom. The highest BCUT2D eigenvalue weighted by atomic mass is 35.5. The zero-order valence-electron chi connectivity index (χ0n) is 6.96. The standard InChI is InChI=1S/C9H12ClNS/c1-2-11-12-9(10)8-6-4-3-5-7-8/h3-7,9,11H,2H2,1H3. The summed E-state index contributed by atoms with van der Waals surface area (Å²) in [7, 11) is 0. The largest absolute Gasteiger partial charge is 0.263 e. The molecule has 1 nitrogen and oxygen atoms in total. The minimum Gasteiger partial charge on any atom is -0.263 e. The van der Waals surface area contributed by atoms with E-state index in [1.807, 2.05) is 30.3 Å². The lowest BCUT2D eigenvalue weighted by atomic mass is 10.2. The third-order valence-corrected chi connectivity index (χ3v) is 2.85. The predicted molar refractivity (Wildman–Crippen MR) is 56.3 cm³/mol. The number of hydrogen-bond acceptors (Lipinski definition) is 2. The van der Waals surface area contributed by atoms with Crippen molar-refractivity contribution in [2.75, 3.05) is 6.54 Å². The van der Waals surface area contributed by atoms with Crippen molar-refractivity contribution in [3.8, 4) is 0 Å². The van der Waals surface area contributed by atoms with Crippen molar-refractivity contribution in [2.45, 2.75) is 11.6 Å². The Hall–Kier alpha value is -0.180. The Morgan fingerprint density at radius 3 is 2.67 bits per heavy atom. The molecular formula is C9H12ClNS. The van der Waals surface area contributed by atoms with Gasteiger partial charge in [-0.1, -0.05) is 49.2 Å². The second-order valence-electron chi connectivity index (χ2n) is 2.34. The summed E-state index contributed by atoms with van der Waals surface area (Å²) in [5, 5.41) is 0. The zero-order valence-corrected chi connectivity index (χ0v) is 8.53. The molecular weight excluding hydrogens is 190 g/mol. The van der Waals surface area contributed by atoms with Crippen molar-refractivity contribution in [3.05, 3.63) is 35.9 Å². The summed E-state index contributed by atoms with van der Waals surface area (Å²) in [6, 6.07) is 10.0. The second kappa shape index (κ2) is 5.46. The van der Waals surface area contributed by atoms with Crippen LogP contribution < -0.4 is 4.72 Å². The van der Waals surface area contributed by atoms with Gasteiger partial charge in [-0.3, -0.25) is 4.72 Å². The van der Waals surface area contributed by atoms with E-state index in [1.165, 1.54) is 0 Å². The fourth-order valence-corrected chi connectivity index (χ4v) is 1.77. The Labute approximate surface area is 82.6 Å². The van der Waals surface area contributed by atoms with Crippen molar-refractivity contribution < 1.29 is 0 Å². The third-order valence-electron chi connectivity index (χ3n) is 1.39. The molecule has 1 unspecified atom stereocenters. The maximum atomic E-state index is 6.09. The topological polar surface area (TPSA) is 12.0 Å². The molecule has 0 fully saturated rings. The lowest BCUT2D eigenvalue weighted by molar-refractivity contribution is 1.03. The molecule has 0 radical (unpaired) electrons. The van der Waals surface area contributed by atoms with Crippen molar-refractivity contribution in [2.24, 2.45) is 0 Å². The molecule has 0 aliphatic heterocycles. The van der Waals surface area contributed by atoms with Crippen molar-refractivity contribution >= 4 is 23.5 Å². The maximum Gasteiger partial charge on any atom is 0.118 e. The van der Waals surface area contributed by atoms with Gasteiger partial charge in [-0.15, -0.1) is 11.6 Å². The van der Waals surface area contributed by atoms with Crippen LogP contribution in [0.5, 0.6) is 0 Å². The molecule has 0 spiro atoms. The highest BCUT2D eigenvalue weighted by Gasteiger charge is 2.05. The van der Waals surface area contributed by atoms with Crippen LogP contribution in [0.2, 0.25) is 0 Å². The highest BCUT2D eigenvalue weighted by molar-refractivity contribution is 7.98. The van der Waals surface area contributed by atoms with E-state index >= 15 is 0 Å². The molecule has 12 heavy (non-hydrogen) atoms. The molecule has 1 N–H and O–H groups in total. The third kappa shape index (κ3) is 3.05. The van der Waals surface area contributed by atoms with Gasteiger partial charge in [0.05, 0.1) is 0 Å². The van der Waals surface area contributed by atoms with E-state index in [4.69, 9.17) is 11.6 Å². The van der Waals surface area contributed by atoms with Gasteiger partial charge in [-0.25, -0.2) is 0 Å². The average Bonchev–Trinajstić information content (AvgIpc) is 2.15. The molecule has 0 aliphatic rings. The normalized spacial score (nSPS) is 12.8. The van der Waals surface area contributed by atoms with E-state index in [1.54, 1.807) is 11.9 Å². The predicted octanol–water partition coefficient (Wildman–Crippen LogP) is 3.18. The van der Waals surface area contributed by atoms with Crippen LogP contribution in [0, 0.1) is 0 Å². The molecule has 0 heterocycles. The monoisotopic (exact) mass is 201 g/mol. The quantitative estimate of drug-likeness (QED) is 0.593. The molecule has 66 valence electrons. The van der Waals surface area contributed by atoms with Crippen molar-refractivity contribution in [1.29, 1.82) is 0 Å². The number of halogens is 1. The fourth-order valence-electron chi connectivity index (χ4n) is 0.829. The lowest BCUT2D eigenvalue weighted by Crippen LogP contribution is -2.02. The van der Waals surface area contributed by atoms with E-state index in [0.717, 1.165) is 12.1 Å². The van der Waals surface area contributed by atoms with Gasteiger partial charge < -0.3 is 0 Å². The first kappa shape index (κ1) is 9.90. The average molecular weight is 202 g/mol. The van der Waals surface area contributed by atoms with Gasteiger partial charge in [0.1, 0.15) is 4.71 Å². The van der Waals surface area contributed by atoms with Gasteiger partial charge >= 0.3 is 0 Å². The molecule has 0 saturated carbocycles. The molecule has 3 heteroatoms. The molecule has 0 saturated heterocycles. The Balaban J connectivity index is 2.48. The van der Waals surface area contributed by atoms with E-state index in [9.17, 15) is 0 Å². The first-order valence-electron chi connectivity index (χ1n) is 3.92. The molecule has 1 aromatic rings. The molecule has 0 amide bonds. The van der Waals surface area contributed by atoms with Gasteiger partial charge in [0.25, 0.3) is 0 Å². The number of hydrogen-bond donors (Lipinski definition) is 1. The Bertz CT molecular complexity index is 215. The van der Waals surface area contributed by atoms with Crippen molar-refractivity contribution in [1.82, 2.24) is 4.72 Å². The number of alkyl halides is 1. The van der Waals surface area contributed by atoms with Gasteiger partial charge in [-0.05, 0) is 5.56 Å². The second-order valence-corrected chi connectivity index (χ2v) is 4.03. The van der Waals surface area contributed by atoms with Crippen LogP contribution in [0.3, 0.4) is 0 Å². The van der Waals surface area contributed by atoms with Gasteiger partial charge in [-0.2, -0.15) is 0 Å². The van der Waals surface area contributed by atoms with Crippen LogP contribution in [0.25, 0.3) is 0 Å². The minimum absolute atomic E-state index is 0.00569. The molecule has 1 rings (SSSR count). The smallest absolute Gasteiger partial charge is 0.118 e.